The van der Waals surface area contributed by atoms with Gasteiger partial charge in [0.1, 0.15) is 12.1 Å². The van der Waals surface area contributed by atoms with Crippen LogP contribution in [0.5, 0.6) is 0 Å². The van der Waals surface area contributed by atoms with Crippen molar-refractivity contribution in [2.24, 2.45) is 0 Å². The second-order valence-electron chi connectivity index (χ2n) is 13.4. The zero-order valence-corrected chi connectivity index (χ0v) is 26.9. The van der Waals surface area contributed by atoms with Crippen LogP contribution >= 0.6 is 11.3 Å². The van der Waals surface area contributed by atoms with E-state index in [0.29, 0.717) is 72.0 Å². The summed E-state index contributed by atoms with van der Waals surface area (Å²) in [6.07, 6.45) is 4.44. The predicted octanol–water partition coefficient (Wildman–Crippen LogP) is 0.463. The number of piperidine rings is 1. The molecule has 1 aromatic heterocycles. The lowest BCUT2D eigenvalue weighted by molar-refractivity contribution is -0.146. The van der Waals surface area contributed by atoms with Crippen LogP contribution in [0.25, 0.3) is 0 Å². The van der Waals surface area contributed by atoms with Crippen molar-refractivity contribution in [3.05, 3.63) is 15.6 Å². The van der Waals surface area contributed by atoms with Crippen molar-refractivity contribution < 1.29 is 28.7 Å². The lowest BCUT2D eigenvalue weighted by Gasteiger charge is -2.37. The number of hydrogen-bond acceptors (Lipinski definition) is 9. The van der Waals surface area contributed by atoms with Crippen LogP contribution in [0, 0.1) is 6.92 Å². The number of ether oxygens (including phenoxy) is 2. The lowest BCUT2D eigenvalue weighted by Crippen LogP contribution is -2.56. The molecule has 4 atom stereocenters. The molecule has 0 spiro atoms. The quantitative estimate of drug-likeness (QED) is 0.475. The van der Waals surface area contributed by atoms with Crippen molar-refractivity contribution in [2.45, 2.75) is 88.0 Å². The van der Waals surface area contributed by atoms with Gasteiger partial charge in [0.25, 0.3) is 0 Å². The molecule has 246 valence electrons. The number of urea groups is 1. The zero-order chi connectivity index (χ0) is 31.1. The van der Waals surface area contributed by atoms with E-state index in [4.69, 9.17) is 14.5 Å². The molecule has 8 heterocycles. The van der Waals surface area contributed by atoms with Gasteiger partial charge in [-0.25, -0.2) is 9.78 Å². The van der Waals surface area contributed by atoms with Crippen molar-refractivity contribution in [3.8, 4) is 0 Å². The first-order chi connectivity index (χ1) is 21.8. The summed E-state index contributed by atoms with van der Waals surface area (Å²) in [6, 6.07) is -1.69. The average molecular weight is 644 g/mol. The van der Waals surface area contributed by atoms with Crippen LogP contribution in [-0.4, -0.2) is 144 Å². The number of fused-ring (bicyclic) bond motifs is 4. The number of likely N-dealkylation sites (tertiary alicyclic amines) is 1. The molecule has 6 bridgehead atoms. The highest BCUT2D eigenvalue weighted by atomic mass is 32.1. The molecule has 0 saturated carbocycles. The Balaban J connectivity index is 1.19. The minimum absolute atomic E-state index is 0.00712. The molecule has 7 aliphatic rings. The molecule has 5 saturated heterocycles. The Bertz CT molecular complexity index is 1290. The normalized spacial score (nSPS) is 31.8. The van der Waals surface area contributed by atoms with Gasteiger partial charge in [-0.1, -0.05) is 0 Å². The fourth-order valence-electron chi connectivity index (χ4n) is 7.92. The number of carbonyl (C=O) groups is 4. The van der Waals surface area contributed by atoms with Crippen molar-refractivity contribution >= 4 is 35.1 Å². The Morgan fingerprint density at radius 2 is 1.62 bits per heavy atom. The Morgan fingerprint density at radius 1 is 0.889 bits per heavy atom. The van der Waals surface area contributed by atoms with Crippen molar-refractivity contribution in [1.29, 1.82) is 0 Å². The second-order valence-corrected chi connectivity index (χ2v) is 14.6. The summed E-state index contributed by atoms with van der Waals surface area (Å²) in [5.41, 5.74) is 0.783. The minimum atomic E-state index is -0.767. The van der Waals surface area contributed by atoms with Gasteiger partial charge in [0.05, 0.1) is 30.3 Å². The molecule has 7 aliphatic heterocycles. The van der Waals surface area contributed by atoms with Gasteiger partial charge in [-0.2, -0.15) is 0 Å². The number of aryl methyl sites for hydroxylation is 1. The van der Waals surface area contributed by atoms with Crippen LogP contribution in [0.4, 0.5) is 4.79 Å². The van der Waals surface area contributed by atoms with Gasteiger partial charge in [-0.3, -0.25) is 14.4 Å². The first-order valence-electron chi connectivity index (χ1n) is 16.7. The topological polar surface area (TPSA) is 137 Å². The molecule has 0 unspecified atom stereocenters. The van der Waals surface area contributed by atoms with E-state index >= 15 is 0 Å². The molecular weight excluding hydrogens is 598 g/mol. The summed E-state index contributed by atoms with van der Waals surface area (Å²) < 4.78 is 11.0. The maximum atomic E-state index is 14.6. The van der Waals surface area contributed by atoms with E-state index in [1.807, 2.05) is 11.8 Å². The molecule has 13 nitrogen and oxygen atoms in total. The van der Waals surface area contributed by atoms with Crippen LogP contribution in [0.1, 0.15) is 60.0 Å². The van der Waals surface area contributed by atoms with E-state index in [9.17, 15) is 19.2 Å². The minimum Gasteiger partial charge on any atom is -0.381 e. The number of thiazole rings is 1. The van der Waals surface area contributed by atoms with E-state index in [-0.39, 0.29) is 60.8 Å². The number of amides is 5. The molecule has 14 heteroatoms. The highest BCUT2D eigenvalue weighted by Gasteiger charge is 2.49. The maximum Gasteiger partial charge on any atom is 0.320 e. The molecule has 1 aromatic rings. The van der Waals surface area contributed by atoms with Crippen LogP contribution in [-0.2, 0) is 30.3 Å². The molecule has 5 amide bonds. The van der Waals surface area contributed by atoms with E-state index in [1.165, 1.54) is 0 Å². The third-order valence-corrected chi connectivity index (χ3v) is 11.6. The summed E-state index contributed by atoms with van der Waals surface area (Å²) in [5, 5.41) is 7.88. The third kappa shape index (κ3) is 6.43. The number of morpholine rings is 1. The number of nitrogens with zero attached hydrogens (tertiary/aromatic N) is 5. The second kappa shape index (κ2) is 13.1. The number of hydrogen-bond donors (Lipinski definition) is 2. The number of aromatic nitrogens is 1. The number of carbonyl (C=O) groups excluding carboxylic acids is 4. The summed E-state index contributed by atoms with van der Waals surface area (Å²) >= 11 is 1.65. The summed E-state index contributed by atoms with van der Waals surface area (Å²) in [5.74, 6) is -0.111. The molecule has 2 N–H and O–H groups in total. The standard InChI is InChI=1S/C31H45N7O6S/c1-19-24-16-27(39)33-23-15-26(38(18-23)31(42)36-8-12-44-13-9-36)30(41)37-17-22(32-21-4-10-43-11-5-21)14-25(37)29(40)35-6-2-20(3-7-35)28(34-24)45-19/h20-23,25-26,32H,2-18H2,1H3,(H,33,39)/t22-,23-,25-,26-/m0/s1. The van der Waals surface area contributed by atoms with Gasteiger partial charge in [-0.15, -0.1) is 11.3 Å². The van der Waals surface area contributed by atoms with Crippen molar-refractivity contribution in [1.82, 2.24) is 35.2 Å². The summed E-state index contributed by atoms with van der Waals surface area (Å²) in [6.45, 7) is 7.11. The third-order valence-electron chi connectivity index (χ3n) is 10.4. The average Bonchev–Trinajstić information content (AvgIpc) is 3.78. The van der Waals surface area contributed by atoms with Gasteiger partial charge < -0.3 is 39.7 Å². The largest absolute Gasteiger partial charge is 0.381 e. The highest BCUT2D eigenvalue weighted by Crippen LogP contribution is 2.35. The van der Waals surface area contributed by atoms with Gasteiger partial charge in [0, 0.05) is 81.4 Å². The Morgan fingerprint density at radius 3 is 2.38 bits per heavy atom. The fraction of sp³-hybridized carbons (Fsp3) is 0.774. The van der Waals surface area contributed by atoms with Gasteiger partial charge >= 0.3 is 6.03 Å². The van der Waals surface area contributed by atoms with Crippen LogP contribution < -0.4 is 10.6 Å². The Hall–Kier alpha value is -2.81. The van der Waals surface area contributed by atoms with Crippen molar-refractivity contribution in [3.63, 3.8) is 0 Å². The van der Waals surface area contributed by atoms with E-state index in [0.717, 1.165) is 41.3 Å². The first kappa shape index (κ1) is 30.8. The van der Waals surface area contributed by atoms with E-state index in [2.05, 4.69) is 10.6 Å². The lowest BCUT2D eigenvalue weighted by atomic mass is 9.96. The Kier molecular flexibility index (Phi) is 8.99. The maximum absolute atomic E-state index is 14.6. The monoisotopic (exact) mass is 643 g/mol. The zero-order valence-electron chi connectivity index (χ0n) is 26.1. The molecule has 0 radical (unpaired) electrons. The van der Waals surface area contributed by atoms with Gasteiger partial charge in [0.15, 0.2) is 0 Å². The first-order valence-corrected chi connectivity index (χ1v) is 17.5. The molecular formula is C31H45N7O6S. The molecule has 0 aromatic carbocycles. The fourth-order valence-corrected chi connectivity index (χ4v) is 9.03. The van der Waals surface area contributed by atoms with E-state index < -0.39 is 12.1 Å². The smallest absolute Gasteiger partial charge is 0.320 e. The number of rotatable bonds is 2. The van der Waals surface area contributed by atoms with Gasteiger partial charge in [-0.05, 0) is 45.4 Å². The highest BCUT2D eigenvalue weighted by molar-refractivity contribution is 7.11. The molecule has 45 heavy (non-hydrogen) atoms. The van der Waals surface area contributed by atoms with Crippen LogP contribution in [0.3, 0.4) is 0 Å². The summed E-state index contributed by atoms with van der Waals surface area (Å²) in [4.78, 5) is 68.9. The Labute approximate surface area is 267 Å². The SMILES string of the molecule is Cc1sc2nc1CC(=O)N[C@H]1C[C@@H](C(=O)N3C[C@@H](NC4CCOCC4)C[C@H]3C(=O)N3CCC2CC3)N(C(=O)N2CCOCC2)C1. The van der Waals surface area contributed by atoms with Crippen molar-refractivity contribution in [2.75, 3.05) is 65.7 Å². The van der Waals surface area contributed by atoms with E-state index in [1.54, 1.807) is 26.0 Å². The number of nitrogens with one attached hydrogen (secondary N) is 2. The van der Waals surface area contributed by atoms with Crippen LogP contribution in [0.2, 0.25) is 0 Å². The summed E-state index contributed by atoms with van der Waals surface area (Å²) in [7, 11) is 0. The van der Waals surface area contributed by atoms with Gasteiger partial charge in [0.2, 0.25) is 17.7 Å². The molecule has 0 aliphatic carbocycles. The molecule has 8 rings (SSSR count). The molecule has 5 fully saturated rings. The van der Waals surface area contributed by atoms with Crippen LogP contribution in [0.15, 0.2) is 0 Å². The predicted molar refractivity (Wildman–Crippen MR) is 165 cm³/mol.